The molecule has 0 aromatic heterocycles. The van der Waals surface area contributed by atoms with Gasteiger partial charge in [-0.2, -0.15) is 0 Å². The molecule has 1 heterocycles. The van der Waals surface area contributed by atoms with Crippen LogP contribution in [-0.2, 0) is 17.9 Å². The van der Waals surface area contributed by atoms with E-state index in [1.807, 2.05) is 30.0 Å². The zero-order chi connectivity index (χ0) is 11.7. The lowest BCUT2D eigenvalue weighted by molar-refractivity contribution is -0.132. The Labute approximate surface area is 104 Å². The molecule has 0 unspecified atom stereocenters. The highest BCUT2D eigenvalue weighted by atomic mass is 79.9. The lowest BCUT2D eigenvalue weighted by atomic mass is 10.1. The predicted molar refractivity (Wildman–Crippen MR) is 67.0 cm³/mol. The summed E-state index contributed by atoms with van der Waals surface area (Å²) in [7, 11) is 3.83. The summed E-state index contributed by atoms with van der Waals surface area (Å²) in [5, 5.41) is 0. The van der Waals surface area contributed by atoms with Crippen LogP contribution in [0.4, 0.5) is 0 Å². The van der Waals surface area contributed by atoms with Crippen LogP contribution in [0.2, 0.25) is 0 Å². The number of likely N-dealkylation sites (N-methyl/N-ethyl adjacent to an activating group) is 1. The highest BCUT2D eigenvalue weighted by Gasteiger charge is 2.23. The molecule has 1 aliphatic heterocycles. The minimum absolute atomic E-state index is 0.192. The fraction of sp³-hybridized carbons (Fsp3) is 0.417. The van der Waals surface area contributed by atoms with E-state index in [4.69, 9.17) is 0 Å². The fourth-order valence-electron chi connectivity index (χ4n) is 1.91. The average molecular weight is 283 g/mol. The second kappa shape index (κ2) is 4.55. The molecule has 0 aliphatic carbocycles. The Kier molecular flexibility index (Phi) is 3.30. The first kappa shape index (κ1) is 11.6. The molecule has 86 valence electrons. The van der Waals surface area contributed by atoms with E-state index in [1.165, 1.54) is 11.1 Å². The van der Waals surface area contributed by atoms with E-state index in [-0.39, 0.29) is 5.91 Å². The largest absolute Gasteiger partial charge is 0.333 e. The molecule has 1 aromatic rings. The molecule has 4 heteroatoms. The van der Waals surface area contributed by atoms with Crippen molar-refractivity contribution in [3.63, 3.8) is 0 Å². The van der Waals surface area contributed by atoms with E-state index in [1.54, 1.807) is 0 Å². The van der Waals surface area contributed by atoms with Gasteiger partial charge in [0.15, 0.2) is 0 Å². The molecule has 1 aromatic carbocycles. The highest BCUT2D eigenvalue weighted by Crippen LogP contribution is 2.25. The Balaban J connectivity index is 2.08. The van der Waals surface area contributed by atoms with Crippen molar-refractivity contribution in [2.75, 3.05) is 20.6 Å². The molecule has 1 amide bonds. The molecular formula is C12H15BrN2O. The van der Waals surface area contributed by atoms with E-state index in [2.05, 4.69) is 28.1 Å². The monoisotopic (exact) mass is 282 g/mol. The number of fused-ring (bicyclic) bond motifs is 1. The molecule has 0 fully saturated rings. The summed E-state index contributed by atoms with van der Waals surface area (Å²) in [6.07, 6.45) is 0. The zero-order valence-corrected chi connectivity index (χ0v) is 11.1. The average Bonchev–Trinajstić information content (AvgIpc) is 2.59. The van der Waals surface area contributed by atoms with Crippen molar-refractivity contribution in [1.29, 1.82) is 0 Å². The minimum Gasteiger partial charge on any atom is -0.333 e. The van der Waals surface area contributed by atoms with Crippen molar-refractivity contribution in [3.8, 4) is 0 Å². The standard InChI is InChI=1S/C12H15BrN2O/c1-14(2)8-12(16)15-6-9-3-4-11(13)5-10(9)7-15/h3-5H,6-8H2,1-2H3. The van der Waals surface area contributed by atoms with Gasteiger partial charge in [-0.05, 0) is 37.4 Å². The summed E-state index contributed by atoms with van der Waals surface area (Å²) < 4.78 is 1.08. The molecule has 0 spiro atoms. The Morgan fingerprint density at radius 1 is 1.38 bits per heavy atom. The van der Waals surface area contributed by atoms with Gasteiger partial charge in [0.2, 0.25) is 5.91 Å². The summed E-state index contributed by atoms with van der Waals surface area (Å²) >= 11 is 3.45. The topological polar surface area (TPSA) is 23.6 Å². The minimum atomic E-state index is 0.192. The number of carbonyl (C=O) groups excluding carboxylic acids is 1. The van der Waals surface area contributed by atoms with E-state index in [9.17, 15) is 4.79 Å². The molecule has 1 aliphatic rings. The second-order valence-electron chi connectivity index (χ2n) is 4.40. The maximum absolute atomic E-state index is 11.9. The molecular weight excluding hydrogens is 268 g/mol. The Bertz CT molecular complexity index is 417. The van der Waals surface area contributed by atoms with Crippen LogP contribution in [0, 0.1) is 0 Å². The summed E-state index contributed by atoms with van der Waals surface area (Å²) in [6, 6.07) is 6.21. The third kappa shape index (κ3) is 2.44. The van der Waals surface area contributed by atoms with Crippen molar-refractivity contribution in [2.45, 2.75) is 13.1 Å². The Morgan fingerprint density at radius 3 is 2.75 bits per heavy atom. The second-order valence-corrected chi connectivity index (χ2v) is 5.32. The van der Waals surface area contributed by atoms with Crippen molar-refractivity contribution < 1.29 is 4.79 Å². The van der Waals surface area contributed by atoms with Crippen LogP contribution in [0.1, 0.15) is 11.1 Å². The molecule has 0 N–H and O–H groups in total. The number of hydrogen-bond donors (Lipinski definition) is 0. The molecule has 3 nitrogen and oxygen atoms in total. The summed E-state index contributed by atoms with van der Waals surface area (Å²) in [5.41, 5.74) is 2.51. The van der Waals surface area contributed by atoms with Gasteiger partial charge in [0.05, 0.1) is 6.54 Å². The van der Waals surface area contributed by atoms with E-state index >= 15 is 0 Å². The Morgan fingerprint density at radius 2 is 2.06 bits per heavy atom. The number of hydrogen-bond acceptors (Lipinski definition) is 2. The van der Waals surface area contributed by atoms with Gasteiger partial charge >= 0.3 is 0 Å². The van der Waals surface area contributed by atoms with Gasteiger partial charge in [-0.3, -0.25) is 4.79 Å². The van der Waals surface area contributed by atoms with Gasteiger partial charge in [0.25, 0.3) is 0 Å². The number of nitrogens with zero attached hydrogens (tertiary/aromatic N) is 2. The summed E-state index contributed by atoms with van der Waals surface area (Å²) in [5.74, 6) is 0.192. The van der Waals surface area contributed by atoms with E-state index < -0.39 is 0 Å². The molecule has 0 saturated heterocycles. The summed E-state index contributed by atoms with van der Waals surface area (Å²) in [4.78, 5) is 15.7. The van der Waals surface area contributed by atoms with Gasteiger partial charge in [-0.15, -0.1) is 0 Å². The van der Waals surface area contributed by atoms with Crippen LogP contribution in [-0.4, -0.2) is 36.3 Å². The van der Waals surface area contributed by atoms with E-state index in [0.29, 0.717) is 6.54 Å². The smallest absolute Gasteiger partial charge is 0.237 e. The van der Waals surface area contributed by atoms with Crippen LogP contribution in [0.15, 0.2) is 22.7 Å². The van der Waals surface area contributed by atoms with Crippen LogP contribution in [0.3, 0.4) is 0 Å². The van der Waals surface area contributed by atoms with Crippen LogP contribution in [0.25, 0.3) is 0 Å². The zero-order valence-electron chi connectivity index (χ0n) is 9.53. The predicted octanol–water partition coefficient (Wildman–Crippen LogP) is 1.85. The molecule has 0 radical (unpaired) electrons. The lowest BCUT2D eigenvalue weighted by Gasteiger charge is -2.18. The number of carbonyl (C=O) groups is 1. The Hall–Kier alpha value is -0.870. The first-order valence-corrected chi connectivity index (χ1v) is 6.05. The SMILES string of the molecule is CN(C)CC(=O)N1Cc2ccc(Br)cc2C1. The van der Waals surface area contributed by atoms with Crippen molar-refractivity contribution >= 4 is 21.8 Å². The van der Waals surface area contributed by atoms with Crippen molar-refractivity contribution in [1.82, 2.24) is 9.80 Å². The van der Waals surface area contributed by atoms with Crippen molar-refractivity contribution in [3.05, 3.63) is 33.8 Å². The number of benzene rings is 1. The maximum atomic E-state index is 11.9. The third-order valence-electron chi connectivity index (χ3n) is 2.69. The number of rotatable bonds is 2. The number of halogens is 1. The molecule has 16 heavy (non-hydrogen) atoms. The highest BCUT2D eigenvalue weighted by molar-refractivity contribution is 9.10. The van der Waals surface area contributed by atoms with Gasteiger partial charge in [0, 0.05) is 17.6 Å². The third-order valence-corrected chi connectivity index (χ3v) is 3.19. The quantitative estimate of drug-likeness (QED) is 0.827. The first-order valence-electron chi connectivity index (χ1n) is 5.26. The van der Waals surface area contributed by atoms with Gasteiger partial charge < -0.3 is 9.80 Å². The molecule has 0 bridgehead atoms. The first-order chi connectivity index (χ1) is 7.56. The van der Waals surface area contributed by atoms with Crippen LogP contribution < -0.4 is 0 Å². The van der Waals surface area contributed by atoms with Gasteiger partial charge in [-0.25, -0.2) is 0 Å². The fourth-order valence-corrected chi connectivity index (χ4v) is 2.32. The van der Waals surface area contributed by atoms with Crippen molar-refractivity contribution in [2.24, 2.45) is 0 Å². The molecule has 0 saturated carbocycles. The van der Waals surface area contributed by atoms with Crippen LogP contribution >= 0.6 is 15.9 Å². The summed E-state index contributed by atoms with van der Waals surface area (Å²) in [6.45, 7) is 1.96. The molecule has 0 atom stereocenters. The van der Waals surface area contributed by atoms with Gasteiger partial charge in [-0.1, -0.05) is 22.0 Å². The normalized spacial score (nSPS) is 14.4. The lowest BCUT2D eigenvalue weighted by Crippen LogP contribution is -2.34. The molecule has 2 rings (SSSR count). The van der Waals surface area contributed by atoms with E-state index in [0.717, 1.165) is 17.6 Å². The van der Waals surface area contributed by atoms with Gasteiger partial charge in [0.1, 0.15) is 0 Å². The van der Waals surface area contributed by atoms with Crippen LogP contribution in [0.5, 0.6) is 0 Å². The maximum Gasteiger partial charge on any atom is 0.237 e. The number of amides is 1.